The lowest BCUT2D eigenvalue weighted by Gasteiger charge is -2.10. The highest BCUT2D eigenvalue weighted by molar-refractivity contribution is 5.82. The molecular weight excluding hydrogens is 200 g/mol. The number of aliphatic carboxylic acids is 1. The Balaban J connectivity index is 3.45. The summed E-state index contributed by atoms with van der Waals surface area (Å²) in [6.45, 7) is 5.02. The van der Waals surface area contributed by atoms with Gasteiger partial charge in [-0.2, -0.15) is 0 Å². The molecule has 0 aliphatic heterocycles. The van der Waals surface area contributed by atoms with E-state index in [2.05, 4.69) is 10.6 Å². The van der Waals surface area contributed by atoms with Crippen LogP contribution in [-0.4, -0.2) is 42.9 Å². The van der Waals surface area contributed by atoms with Crippen molar-refractivity contribution < 1.29 is 19.4 Å². The Kier molecular flexibility index (Phi) is 7.35. The van der Waals surface area contributed by atoms with Crippen LogP contribution in [-0.2, 0) is 9.53 Å². The van der Waals surface area contributed by atoms with E-state index in [-0.39, 0.29) is 0 Å². The molecule has 3 N–H and O–H groups in total. The minimum atomic E-state index is -1.06. The Morgan fingerprint density at radius 3 is 2.67 bits per heavy atom. The van der Waals surface area contributed by atoms with Gasteiger partial charge in [0.2, 0.25) is 0 Å². The van der Waals surface area contributed by atoms with Crippen LogP contribution in [0, 0.1) is 0 Å². The van der Waals surface area contributed by atoms with Gasteiger partial charge in [-0.3, -0.25) is 4.79 Å². The number of carboxylic acids is 1. The summed E-state index contributed by atoms with van der Waals surface area (Å²) in [6, 6.07) is -1.35. The van der Waals surface area contributed by atoms with Crippen LogP contribution < -0.4 is 10.6 Å². The Morgan fingerprint density at radius 2 is 2.13 bits per heavy atom. The maximum atomic E-state index is 11.1. The lowest BCUT2D eigenvalue weighted by Crippen LogP contribution is -2.44. The van der Waals surface area contributed by atoms with E-state index in [1.807, 2.05) is 6.92 Å². The molecule has 0 saturated carbocycles. The number of rotatable bonds is 7. The maximum absolute atomic E-state index is 11.1. The van der Waals surface area contributed by atoms with E-state index in [0.717, 1.165) is 0 Å². The van der Waals surface area contributed by atoms with Crippen molar-refractivity contribution in [1.29, 1.82) is 0 Å². The highest BCUT2D eigenvalue weighted by atomic mass is 16.5. The average molecular weight is 218 g/mol. The molecule has 0 heterocycles. The molecule has 6 heteroatoms. The third-order valence-corrected chi connectivity index (χ3v) is 1.67. The molecule has 1 atom stereocenters. The van der Waals surface area contributed by atoms with Crippen molar-refractivity contribution in [2.45, 2.75) is 26.3 Å². The van der Waals surface area contributed by atoms with E-state index in [1.54, 1.807) is 0 Å². The fourth-order valence-electron chi connectivity index (χ4n) is 0.830. The molecule has 0 aromatic heterocycles. The highest BCUT2D eigenvalue weighted by Crippen LogP contribution is 1.83. The number of amides is 2. The number of carbonyl (C=O) groups excluding carboxylic acids is 1. The number of nitrogens with one attached hydrogen (secondary N) is 2. The highest BCUT2D eigenvalue weighted by Gasteiger charge is 2.12. The summed E-state index contributed by atoms with van der Waals surface area (Å²) in [4.78, 5) is 21.5. The Labute approximate surface area is 89.0 Å². The van der Waals surface area contributed by atoms with Gasteiger partial charge in [-0.15, -0.1) is 0 Å². The third kappa shape index (κ3) is 7.75. The van der Waals surface area contributed by atoms with Gasteiger partial charge < -0.3 is 20.5 Å². The van der Waals surface area contributed by atoms with E-state index in [0.29, 0.717) is 26.2 Å². The van der Waals surface area contributed by atoms with Gasteiger partial charge in [0, 0.05) is 19.8 Å². The number of carbonyl (C=O) groups is 2. The molecule has 6 nitrogen and oxygen atoms in total. The van der Waals surface area contributed by atoms with E-state index >= 15 is 0 Å². The number of hydrogen-bond acceptors (Lipinski definition) is 3. The van der Waals surface area contributed by atoms with Gasteiger partial charge in [0.05, 0.1) is 0 Å². The summed E-state index contributed by atoms with van der Waals surface area (Å²) in [6.07, 6.45) is 0.711. The van der Waals surface area contributed by atoms with Crippen LogP contribution >= 0.6 is 0 Å². The van der Waals surface area contributed by atoms with Gasteiger partial charge in [-0.25, -0.2) is 4.79 Å². The quantitative estimate of drug-likeness (QED) is 0.532. The van der Waals surface area contributed by atoms with E-state index in [1.165, 1.54) is 6.92 Å². The van der Waals surface area contributed by atoms with Crippen LogP contribution in [0.4, 0.5) is 4.79 Å². The zero-order chi connectivity index (χ0) is 11.7. The summed E-state index contributed by atoms with van der Waals surface area (Å²) >= 11 is 0. The fraction of sp³-hybridized carbons (Fsp3) is 0.778. The van der Waals surface area contributed by atoms with Crippen LogP contribution in [0.5, 0.6) is 0 Å². The number of hydrogen-bond donors (Lipinski definition) is 3. The Hall–Kier alpha value is -1.30. The summed E-state index contributed by atoms with van der Waals surface area (Å²) < 4.78 is 5.07. The van der Waals surface area contributed by atoms with Crippen molar-refractivity contribution in [3.8, 4) is 0 Å². The van der Waals surface area contributed by atoms with Gasteiger partial charge >= 0.3 is 12.0 Å². The second kappa shape index (κ2) is 8.05. The Bertz CT molecular complexity index is 208. The molecule has 1 unspecified atom stereocenters. The molecular formula is C9H18N2O4. The molecule has 0 saturated heterocycles. The van der Waals surface area contributed by atoms with Crippen molar-refractivity contribution in [2.75, 3.05) is 19.8 Å². The first kappa shape index (κ1) is 13.7. The van der Waals surface area contributed by atoms with Gasteiger partial charge in [0.15, 0.2) is 0 Å². The smallest absolute Gasteiger partial charge is 0.325 e. The molecule has 0 aliphatic rings. The fourth-order valence-corrected chi connectivity index (χ4v) is 0.830. The topological polar surface area (TPSA) is 87.7 Å². The maximum Gasteiger partial charge on any atom is 0.325 e. The standard InChI is InChI=1S/C9H18N2O4/c1-3-15-6-4-5-10-9(14)11-7(2)8(12)13/h7H,3-6H2,1-2H3,(H,12,13)(H2,10,11,14). The van der Waals surface area contributed by atoms with Crippen molar-refractivity contribution in [1.82, 2.24) is 10.6 Å². The molecule has 0 aromatic rings. The number of ether oxygens (including phenoxy) is 1. The molecule has 0 aromatic carbocycles. The SMILES string of the molecule is CCOCCCNC(=O)NC(C)C(=O)O. The van der Waals surface area contributed by atoms with Gasteiger partial charge in [-0.05, 0) is 20.3 Å². The first-order valence-electron chi connectivity index (χ1n) is 4.92. The zero-order valence-electron chi connectivity index (χ0n) is 9.08. The second-order valence-electron chi connectivity index (χ2n) is 3.01. The van der Waals surface area contributed by atoms with Gasteiger partial charge in [-0.1, -0.05) is 0 Å². The normalized spacial score (nSPS) is 11.9. The summed E-state index contributed by atoms with van der Waals surface area (Å²) in [5.41, 5.74) is 0. The van der Waals surface area contributed by atoms with Crippen LogP contribution in [0.1, 0.15) is 20.3 Å². The lowest BCUT2D eigenvalue weighted by atomic mass is 10.3. The van der Waals surface area contributed by atoms with Crippen molar-refractivity contribution in [3.05, 3.63) is 0 Å². The third-order valence-electron chi connectivity index (χ3n) is 1.67. The van der Waals surface area contributed by atoms with Crippen molar-refractivity contribution in [3.63, 3.8) is 0 Å². The predicted molar refractivity (Wildman–Crippen MR) is 54.7 cm³/mol. The van der Waals surface area contributed by atoms with E-state index in [4.69, 9.17) is 9.84 Å². The molecule has 0 fully saturated rings. The molecule has 2 amide bonds. The predicted octanol–water partition coefficient (Wildman–Crippen LogP) is 0.185. The van der Waals surface area contributed by atoms with Gasteiger partial charge in [0.1, 0.15) is 6.04 Å². The Morgan fingerprint density at radius 1 is 1.47 bits per heavy atom. The summed E-state index contributed by atoms with van der Waals surface area (Å²) in [5.74, 6) is -1.06. The molecule has 0 spiro atoms. The summed E-state index contributed by atoms with van der Waals surface area (Å²) in [5, 5.41) is 13.3. The van der Waals surface area contributed by atoms with Crippen LogP contribution in [0.2, 0.25) is 0 Å². The lowest BCUT2D eigenvalue weighted by molar-refractivity contribution is -0.138. The van der Waals surface area contributed by atoms with Crippen molar-refractivity contribution in [2.24, 2.45) is 0 Å². The summed E-state index contributed by atoms with van der Waals surface area (Å²) in [7, 11) is 0. The monoisotopic (exact) mass is 218 g/mol. The molecule has 15 heavy (non-hydrogen) atoms. The van der Waals surface area contributed by atoms with Crippen LogP contribution in [0.15, 0.2) is 0 Å². The van der Waals surface area contributed by atoms with Crippen LogP contribution in [0.25, 0.3) is 0 Å². The first-order chi connectivity index (χ1) is 7.07. The largest absolute Gasteiger partial charge is 0.480 e. The molecule has 0 bridgehead atoms. The minimum absolute atomic E-state index is 0.470. The number of urea groups is 1. The van der Waals surface area contributed by atoms with Crippen LogP contribution in [0.3, 0.4) is 0 Å². The molecule has 0 rings (SSSR count). The van der Waals surface area contributed by atoms with Crippen molar-refractivity contribution >= 4 is 12.0 Å². The average Bonchev–Trinajstić information content (AvgIpc) is 2.17. The molecule has 88 valence electrons. The number of carboxylic acid groups (broad SMARTS) is 1. The van der Waals surface area contributed by atoms with E-state index in [9.17, 15) is 9.59 Å². The minimum Gasteiger partial charge on any atom is -0.480 e. The van der Waals surface area contributed by atoms with Gasteiger partial charge in [0.25, 0.3) is 0 Å². The first-order valence-corrected chi connectivity index (χ1v) is 4.92. The molecule has 0 aliphatic carbocycles. The van der Waals surface area contributed by atoms with E-state index < -0.39 is 18.0 Å². The zero-order valence-corrected chi connectivity index (χ0v) is 9.08. The molecule has 0 radical (unpaired) electrons. The second-order valence-corrected chi connectivity index (χ2v) is 3.01.